The Morgan fingerprint density at radius 1 is 1.47 bits per heavy atom. The van der Waals surface area contributed by atoms with E-state index in [0.29, 0.717) is 12.1 Å². The van der Waals surface area contributed by atoms with Crippen molar-refractivity contribution in [3.05, 3.63) is 34.2 Å². The van der Waals surface area contributed by atoms with Crippen molar-refractivity contribution in [2.24, 2.45) is 0 Å². The van der Waals surface area contributed by atoms with Crippen LogP contribution >= 0.6 is 0 Å². The molecule has 1 aromatic heterocycles. The molecular formula is C12H18N2O3. The number of hydrogen-bond donors (Lipinski definition) is 2. The molecule has 0 saturated heterocycles. The average molecular weight is 238 g/mol. The number of carbonyl (C=O) groups is 1. The van der Waals surface area contributed by atoms with Gasteiger partial charge in [0.15, 0.2) is 0 Å². The number of aromatic nitrogens is 1. The van der Waals surface area contributed by atoms with Crippen molar-refractivity contribution in [2.75, 3.05) is 13.7 Å². The van der Waals surface area contributed by atoms with Crippen molar-refractivity contribution in [1.82, 2.24) is 10.3 Å². The van der Waals surface area contributed by atoms with E-state index in [2.05, 4.69) is 10.3 Å². The van der Waals surface area contributed by atoms with Gasteiger partial charge in [-0.05, 0) is 26.3 Å². The molecule has 2 N–H and O–H groups in total. The molecule has 1 amide bonds. The molecule has 0 aliphatic rings. The number of methoxy groups -OCH3 is 1. The molecule has 0 spiro atoms. The van der Waals surface area contributed by atoms with Gasteiger partial charge < -0.3 is 15.0 Å². The van der Waals surface area contributed by atoms with Gasteiger partial charge in [-0.3, -0.25) is 9.59 Å². The molecule has 0 aliphatic heterocycles. The molecule has 0 saturated carbocycles. The predicted octanol–water partition coefficient (Wildman–Crippen LogP) is 0.920. The zero-order valence-corrected chi connectivity index (χ0v) is 10.4. The molecule has 5 nitrogen and oxygen atoms in total. The Labute approximate surface area is 100 Å². The van der Waals surface area contributed by atoms with Gasteiger partial charge in [0, 0.05) is 25.9 Å². The Bertz CT molecular complexity index is 417. The van der Waals surface area contributed by atoms with E-state index in [-0.39, 0.29) is 17.1 Å². The summed E-state index contributed by atoms with van der Waals surface area (Å²) in [6.07, 6.45) is 2.12. The molecule has 0 aromatic carbocycles. The third-order valence-electron chi connectivity index (χ3n) is 2.61. The quantitative estimate of drug-likeness (QED) is 0.801. The largest absolute Gasteiger partial charge is 0.379 e. The van der Waals surface area contributed by atoms with Crippen molar-refractivity contribution in [3.63, 3.8) is 0 Å². The minimum Gasteiger partial charge on any atom is -0.379 e. The summed E-state index contributed by atoms with van der Waals surface area (Å²) in [4.78, 5) is 24.9. The SMILES string of the molecule is COC(C)(C)CCNC(=O)c1ccc(=O)[nH]c1. The smallest absolute Gasteiger partial charge is 0.252 e. The molecule has 94 valence electrons. The van der Waals surface area contributed by atoms with Crippen molar-refractivity contribution in [2.45, 2.75) is 25.9 Å². The fourth-order valence-corrected chi connectivity index (χ4v) is 1.23. The Balaban J connectivity index is 2.45. The lowest BCUT2D eigenvalue weighted by Gasteiger charge is -2.22. The van der Waals surface area contributed by atoms with Crippen LogP contribution in [0.5, 0.6) is 0 Å². The highest BCUT2D eigenvalue weighted by Crippen LogP contribution is 2.11. The number of rotatable bonds is 5. The highest BCUT2D eigenvalue weighted by Gasteiger charge is 2.16. The van der Waals surface area contributed by atoms with Gasteiger partial charge in [-0.25, -0.2) is 0 Å². The third-order valence-corrected chi connectivity index (χ3v) is 2.61. The normalized spacial score (nSPS) is 11.2. The van der Waals surface area contributed by atoms with Crippen LogP contribution < -0.4 is 10.9 Å². The molecule has 0 aliphatic carbocycles. The van der Waals surface area contributed by atoms with Crippen LogP contribution in [0.4, 0.5) is 0 Å². The summed E-state index contributed by atoms with van der Waals surface area (Å²) < 4.78 is 5.24. The molecule has 1 rings (SSSR count). The number of amides is 1. The summed E-state index contributed by atoms with van der Waals surface area (Å²) in [6, 6.07) is 2.82. The van der Waals surface area contributed by atoms with Gasteiger partial charge in [0.25, 0.3) is 5.91 Å². The molecule has 17 heavy (non-hydrogen) atoms. The number of pyridine rings is 1. The van der Waals surface area contributed by atoms with Gasteiger partial charge in [0.2, 0.25) is 5.56 Å². The van der Waals surface area contributed by atoms with E-state index in [4.69, 9.17) is 4.74 Å². The van der Waals surface area contributed by atoms with Gasteiger partial charge in [0.05, 0.1) is 11.2 Å². The summed E-state index contributed by atoms with van der Waals surface area (Å²) in [5.74, 6) is -0.201. The fraction of sp³-hybridized carbons (Fsp3) is 0.500. The van der Waals surface area contributed by atoms with E-state index in [1.54, 1.807) is 7.11 Å². The van der Waals surface area contributed by atoms with Crippen molar-refractivity contribution in [1.29, 1.82) is 0 Å². The first-order valence-corrected chi connectivity index (χ1v) is 5.47. The minimum absolute atomic E-state index is 0.201. The van der Waals surface area contributed by atoms with Crippen LogP contribution in [0.2, 0.25) is 0 Å². The molecular weight excluding hydrogens is 220 g/mol. The zero-order chi connectivity index (χ0) is 12.9. The molecule has 1 aromatic rings. The first-order chi connectivity index (χ1) is 7.94. The van der Waals surface area contributed by atoms with Crippen LogP contribution in [0.15, 0.2) is 23.1 Å². The lowest BCUT2D eigenvalue weighted by Crippen LogP contribution is -2.32. The summed E-state index contributed by atoms with van der Waals surface area (Å²) in [7, 11) is 1.64. The van der Waals surface area contributed by atoms with E-state index < -0.39 is 0 Å². The number of hydrogen-bond acceptors (Lipinski definition) is 3. The number of nitrogens with one attached hydrogen (secondary N) is 2. The van der Waals surface area contributed by atoms with Crippen molar-refractivity contribution in [3.8, 4) is 0 Å². The maximum atomic E-state index is 11.7. The first kappa shape index (κ1) is 13.4. The summed E-state index contributed by atoms with van der Waals surface area (Å²) in [5.41, 5.74) is -0.0277. The number of aromatic amines is 1. The first-order valence-electron chi connectivity index (χ1n) is 5.47. The van der Waals surface area contributed by atoms with Gasteiger partial charge in [-0.15, -0.1) is 0 Å². The van der Waals surface area contributed by atoms with Gasteiger partial charge in [-0.2, -0.15) is 0 Å². The number of H-pyrrole nitrogens is 1. The molecule has 0 radical (unpaired) electrons. The van der Waals surface area contributed by atoms with Gasteiger partial charge in [0.1, 0.15) is 0 Å². The molecule has 0 fully saturated rings. The monoisotopic (exact) mass is 238 g/mol. The highest BCUT2D eigenvalue weighted by molar-refractivity contribution is 5.93. The van der Waals surface area contributed by atoms with Crippen LogP contribution in [0.1, 0.15) is 30.6 Å². The maximum Gasteiger partial charge on any atom is 0.252 e. The van der Waals surface area contributed by atoms with Crippen LogP contribution in [0.3, 0.4) is 0 Å². The van der Waals surface area contributed by atoms with Gasteiger partial charge >= 0.3 is 0 Å². The van der Waals surface area contributed by atoms with Crippen LogP contribution in [0, 0.1) is 0 Å². The summed E-state index contributed by atoms with van der Waals surface area (Å²) in [6.45, 7) is 4.44. The topological polar surface area (TPSA) is 71.2 Å². The second-order valence-electron chi connectivity index (χ2n) is 4.41. The standard InChI is InChI=1S/C12H18N2O3/c1-12(2,17-3)6-7-13-11(16)9-4-5-10(15)14-8-9/h4-5,8H,6-7H2,1-3H3,(H,13,16)(H,14,15). The molecule has 0 bridgehead atoms. The van der Waals surface area contributed by atoms with E-state index in [1.165, 1.54) is 18.3 Å². The van der Waals surface area contributed by atoms with E-state index in [9.17, 15) is 9.59 Å². The van der Waals surface area contributed by atoms with E-state index >= 15 is 0 Å². The lowest BCUT2D eigenvalue weighted by atomic mass is 10.1. The Kier molecular flexibility index (Phi) is 4.45. The summed E-state index contributed by atoms with van der Waals surface area (Å²) in [5, 5.41) is 2.77. The second kappa shape index (κ2) is 5.63. The van der Waals surface area contributed by atoms with Gasteiger partial charge in [-0.1, -0.05) is 0 Å². The summed E-state index contributed by atoms with van der Waals surface area (Å²) >= 11 is 0. The Morgan fingerprint density at radius 3 is 2.71 bits per heavy atom. The Morgan fingerprint density at radius 2 is 2.18 bits per heavy atom. The fourth-order valence-electron chi connectivity index (χ4n) is 1.23. The lowest BCUT2D eigenvalue weighted by molar-refractivity contribution is 0.0160. The van der Waals surface area contributed by atoms with Crippen molar-refractivity contribution < 1.29 is 9.53 Å². The van der Waals surface area contributed by atoms with Crippen molar-refractivity contribution >= 4 is 5.91 Å². The minimum atomic E-state index is -0.252. The molecule has 5 heteroatoms. The Hall–Kier alpha value is -1.62. The van der Waals surface area contributed by atoms with Crippen LogP contribution in [-0.4, -0.2) is 30.1 Å². The predicted molar refractivity (Wildman–Crippen MR) is 65.1 cm³/mol. The maximum absolute atomic E-state index is 11.7. The highest BCUT2D eigenvalue weighted by atomic mass is 16.5. The molecule has 0 atom stereocenters. The average Bonchev–Trinajstić information content (AvgIpc) is 2.29. The molecule has 1 heterocycles. The number of ether oxygens (including phenoxy) is 1. The zero-order valence-electron chi connectivity index (χ0n) is 10.4. The van der Waals surface area contributed by atoms with Crippen LogP contribution in [-0.2, 0) is 4.74 Å². The van der Waals surface area contributed by atoms with E-state index in [1.807, 2.05) is 13.8 Å². The number of carbonyl (C=O) groups excluding carboxylic acids is 1. The van der Waals surface area contributed by atoms with Crippen LogP contribution in [0.25, 0.3) is 0 Å². The molecule has 0 unspecified atom stereocenters. The third kappa shape index (κ3) is 4.40. The van der Waals surface area contributed by atoms with E-state index in [0.717, 1.165) is 6.42 Å². The second-order valence-corrected chi connectivity index (χ2v) is 4.41.